The third kappa shape index (κ3) is 4.57. The van der Waals surface area contributed by atoms with Gasteiger partial charge in [-0.15, -0.1) is 0 Å². The summed E-state index contributed by atoms with van der Waals surface area (Å²) < 4.78 is 5.32. The first-order valence-electron chi connectivity index (χ1n) is 9.20. The second-order valence-corrected chi connectivity index (χ2v) is 8.01. The maximum absolute atomic E-state index is 12.0. The monoisotopic (exact) mass is 346 g/mol. The van der Waals surface area contributed by atoms with Crippen molar-refractivity contribution in [1.29, 1.82) is 0 Å². The van der Waals surface area contributed by atoms with Crippen molar-refractivity contribution in [2.24, 2.45) is 0 Å². The third-order valence-electron chi connectivity index (χ3n) is 4.91. The van der Waals surface area contributed by atoms with Crippen molar-refractivity contribution in [2.45, 2.75) is 51.7 Å². The van der Waals surface area contributed by atoms with Gasteiger partial charge < -0.3 is 20.3 Å². The number of nitrogens with one attached hydrogen (secondary N) is 1. The molecule has 3 rings (SSSR count). The summed E-state index contributed by atoms with van der Waals surface area (Å²) in [6.07, 6.45) is 3.25. The van der Waals surface area contributed by atoms with Crippen molar-refractivity contribution in [2.75, 3.05) is 42.1 Å². The molecule has 138 valence electrons. The largest absolute Gasteiger partial charge is 0.444 e. The van der Waals surface area contributed by atoms with Crippen molar-refractivity contribution < 1.29 is 9.53 Å². The van der Waals surface area contributed by atoms with Crippen LogP contribution in [0.1, 0.15) is 40.0 Å². The van der Waals surface area contributed by atoms with E-state index >= 15 is 0 Å². The quantitative estimate of drug-likeness (QED) is 0.822. The minimum Gasteiger partial charge on any atom is -0.444 e. The molecule has 0 atom stereocenters. The molecule has 0 saturated carbocycles. The van der Waals surface area contributed by atoms with Crippen LogP contribution in [0.5, 0.6) is 0 Å². The Morgan fingerprint density at radius 2 is 1.88 bits per heavy atom. The smallest absolute Gasteiger partial charge is 0.412 e. The van der Waals surface area contributed by atoms with E-state index in [9.17, 15) is 4.79 Å². The van der Waals surface area contributed by atoms with Gasteiger partial charge >= 0.3 is 6.09 Å². The minimum absolute atomic E-state index is 0.479. The Kier molecular flexibility index (Phi) is 5.08. The van der Waals surface area contributed by atoms with Gasteiger partial charge in [0, 0.05) is 24.8 Å². The Hall–Kier alpha value is -1.95. The van der Waals surface area contributed by atoms with Crippen molar-refractivity contribution in [3.63, 3.8) is 0 Å². The van der Waals surface area contributed by atoms with Crippen LogP contribution >= 0.6 is 0 Å². The van der Waals surface area contributed by atoms with Crippen LogP contribution in [-0.2, 0) is 4.74 Å². The number of benzene rings is 1. The molecule has 2 fully saturated rings. The lowest BCUT2D eigenvalue weighted by Crippen LogP contribution is -2.50. The number of nitrogens with two attached hydrogens (primary N) is 1. The van der Waals surface area contributed by atoms with Crippen LogP contribution in [-0.4, -0.2) is 48.8 Å². The molecule has 0 aliphatic carbocycles. The SMILES string of the molecule is CC(C)(C)OC(=O)Nc1cc(N2CCC(N3CCC3)CC2)ccc1N. The highest BCUT2D eigenvalue weighted by Gasteiger charge is 2.28. The fraction of sp³-hybridized carbons (Fsp3) is 0.632. The van der Waals surface area contributed by atoms with E-state index < -0.39 is 11.7 Å². The minimum atomic E-state index is -0.533. The number of carbonyl (C=O) groups is 1. The van der Waals surface area contributed by atoms with E-state index in [0.29, 0.717) is 11.4 Å². The maximum atomic E-state index is 12.0. The fourth-order valence-corrected chi connectivity index (χ4v) is 3.46. The molecular weight excluding hydrogens is 316 g/mol. The fourth-order valence-electron chi connectivity index (χ4n) is 3.46. The predicted octanol–water partition coefficient (Wildman–Crippen LogP) is 3.29. The molecule has 0 bridgehead atoms. The molecule has 1 aromatic carbocycles. The number of hydrogen-bond acceptors (Lipinski definition) is 5. The van der Waals surface area contributed by atoms with Gasteiger partial charge in [0.05, 0.1) is 11.4 Å². The molecule has 0 spiro atoms. The molecule has 0 aromatic heterocycles. The van der Waals surface area contributed by atoms with Crippen LogP contribution in [0.4, 0.5) is 21.9 Å². The summed E-state index contributed by atoms with van der Waals surface area (Å²) in [6.45, 7) is 10.1. The molecule has 2 heterocycles. The molecule has 0 radical (unpaired) electrons. The first kappa shape index (κ1) is 17.9. The summed E-state index contributed by atoms with van der Waals surface area (Å²) in [5, 5.41) is 2.77. The lowest BCUT2D eigenvalue weighted by atomic mass is 9.99. The molecule has 2 aliphatic heterocycles. The second-order valence-electron chi connectivity index (χ2n) is 8.01. The van der Waals surface area contributed by atoms with Crippen molar-refractivity contribution in [3.8, 4) is 0 Å². The van der Waals surface area contributed by atoms with Crippen LogP contribution < -0.4 is 16.0 Å². The highest BCUT2D eigenvalue weighted by atomic mass is 16.6. The van der Waals surface area contributed by atoms with E-state index in [1.54, 1.807) is 0 Å². The molecular formula is C19H30N4O2. The number of nitrogens with zero attached hydrogens (tertiary/aromatic N) is 2. The number of rotatable bonds is 3. The van der Waals surface area contributed by atoms with Gasteiger partial charge in [0.15, 0.2) is 0 Å². The summed E-state index contributed by atoms with van der Waals surface area (Å²) in [7, 11) is 0. The van der Waals surface area contributed by atoms with Gasteiger partial charge in [-0.25, -0.2) is 4.79 Å². The molecule has 3 N–H and O–H groups in total. The zero-order chi connectivity index (χ0) is 18.0. The number of carbonyl (C=O) groups excluding carboxylic acids is 1. The van der Waals surface area contributed by atoms with Crippen molar-refractivity contribution in [1.82, 2.24) is 4.90 Å². The predicted molar refractivity (Wildman–Crippen MR) is 102 cm³/mol. The molecule has 1 aromatic rings. The van der Waals surface area contributed by atoms with E-state index in [1.165, 1.54) is 32.4 Å². The Morgan fingerprint density at radius 3 is 2.44 bits per heavy atom. The second kappa shape index (κ2) is 7.12. The molecule has 2 aliphatic rings. The van der Waals surface area contributed by atoms with Crippen LogP contribution in [0.3, 0.4) is 0 Å². The number of hydrogen-bond donors (Lipinski definition) is 2. The Balaban J connectivity index is 1.62. The summed E-state index contributed by atoms with van der Waals surface area (Å²) in [4.78, 5) is 17.0. The van der Waals surface area contributed by atoms with Gasteiger partial charge in [0.25, 0.3) is 0 Å². The summed E-state index contributed by atoms with van der Waals surface area (Å²) in [5.74, 6) is 0. The highest BCUT2D eigenvalue weighted by Crippen LogP contribution is 2.29. The summed E-state index contributed by atoms with van der Waals surface area (Å²) in [6, 6.07) is 6.56. The molecule has 0 unspecified atom stereocenters. The third-order valence-corrected chi connectivity index (χ3v) is 4.91. The van der Waals surface area contributed by atoms with E-state index in [-0.39, 0.29) is 0 Å². The van der Waals surface area contributed by atoms with E-state index in [4.69, 9.17) is 10.5 Å². The van der Waals surface area contributed by atoms with Gasteiger partial charge in [-0.2, -0.15) is 0 Å². The van der Waals surface area contributed by atoms with E-state index in [1.807, 2.05) is 39.0 Å². The number of ether oxygens (including phenoxy) is 1. The molecule has 25 heavy (non-hydrogen) atoms. The van der Waals surface area contributed by atoms with Crippen LogP contribution in [0.25, 0.3) is 0 Å². The van der Waals surface area contributed by atoms with Gasteiger partial charge in [-0.05, 0) is 71.3 Å². The lowest BCUT2D eigenvalue weighted by Gasteiger charge is -2.43. The number of amides is 1. The topological polar surface area (TPSA) is 70.8 Å². The Bertz CT molecular complexity index is 614. The molecule has 2 saturated heterocycles. The van der Waals surface area contributed by atoms with Gasteiger partial charge in [-0.3, -0.25) is 5.32 Å². The first-order valence-corrected chi connectivity index (χ1v) is 9.20. The number of anilines is 3. The van der Waals surface area contributed by atoms with Crippen LogP contribution in [0.15, 0.2) is 18.2 Å². The lowest BCUT2D eigenvalue weighted by molar-refractivity contribution is 0.0636. The van der Waals surface area contributed by atoms with Crippen molar-refractivity contribution in [3.05, 3.63) is 18.2 Å². The molecule has 6 nitrogen and oxygen atoms in total. The van der Waals surface area contributed by atoms with E-state index in [2.05, 4.69) is 15.1 Å². The van der Waals surface area contributed by atoms with E-state index in [0.717, 1.165) is 24.8 Å². The Labute approximate surface area is 150 Å². The molecule has 6 heteroatoms. The summed E-state index contributed by atoms with van der Waals surface area (Å²) >= 11 is 0. The van der Waals surface area contributed by atoms with Crippen molar-refractivity contribution >= 4 is 23.2 Å². The highest BCUT2D eigenvalue weighted by molar-refractivity contribution is 5.90. The average Bonchev–Trinajstić information content (AvgIpc) is 2.47. The standard InChI is InChI=1S/C19H30N4O2/c1-19(2,3)25-18(24)21-17-13-15(5-6-16(17)20)23-11-7-14(8-12-23)22-9-4-10-22/h5-6,13-14H,4,7-12,20H2,1-3H3,(H,21,24). The van der Waals surface area contributed by atoms with Gasteiger partial charge in [0.2, 0.25) is 0 Å². The maximum Gasteiger partial charge on any atom is 0.412 e. The normalized spacial score (nSPS) is 19.4. The first-order chi connectivity index (χ1) is 11.8. The van der Waals surface area contributed by atoms with Gasteiger partial charge in [-0.1, -0.05) is 0 Å². The van der Waals surface area contributed by atoms with Crippen LogP contribution in [0, 0.1) is 0 Å². The zero-order valence-electron chi connectivity index (χ0n) is 15.5. The number of piperidine rings is 1. The average molecular weight is 346 g/mol. The van der Waals surface area contributed by atoms with Gasteiger partial charge in [0.1, 0.15) is 5.60 Å². The number of likely N-dealkylation sites (tertiary alicyclic amines) is 1. The molecule has 1 amide bonds. The zero-order valence-corrected chi connectivity index (χ0v) is 15.5. The number of nitrogen functional groups attached to an aromatic ring is 1. The Morgan fingerprint density at radius 1 is 1.20 bits per heavy atom. The van der Waals surface area contributed by atoms with Crippen LogP contribution in [0.2, 0.25) is 0 Å². The summed E-state index contributed by atoms with van der Waals surface area (Å²) in [5.41, 5.74) is 7.74.